The molecule has 26 heavy (non-hydrogen) atoms. The monoisotopic (exact) mass is 358 g/mol. The number of hydrogen-bond acceptors (Lipinski definition) is 6. The Hall–Kier alpha value is -2.50. The minimum absolute atomic E-state index is 0.221. The molecule has 6 heteroatoms. The number of nitrogens with zero attached hydrogens (tertiary/aromatic N) is 2. The Bertz CT molecular complexity index is 773. The molecule has 4 N–H and O–H groups in total. The van der Waals surface area contributed by atoms with Crippen LogP contribution in [0.15, 0.2) is 12.1 Å². The number of anilines is 2. The van der Waals surface area contributed by atoms with Gasteiger partial charge in [-0.15, -0.1) is 0 Å². The number of nitrogen functional groups attached to an aromatic ring is 2. The van der Waals surface area contributed by atoms with E-state index >= 15 is 0 Å². The van der Waals surface area contributed by atoms with Gasteiger partial charge in [-0.05, 0) is 41.5 Å². The molecule has 0 unspecified atom stereocenters. The Morgan fingerprint density at radius 2 is 1.58 bits per heavy atom. The standard InChI is InChI=1S/C20H30N4O2/c1-11(2)7-16-15(19(21)24-20(22)23-16)8-13-9-17(25-5)18(26-6)10-14(13)12(3)4/h9-12H,7-8H2,1-6H3,(H4,21,22,23,24). The molecule has 0 saturated carbocycles. The fraction of sp³-hybridized carbons (Fsp3) is 0.500. The third-order valence-electron chi connectivity index (χ3n) is 4.38. The number of hydrogen-bond donors (Lipinski definition) is 2. The molecule has 1 heterocycles. The summed E-state index contributed by atoms with van der Waals surface area (Å²) in [5.74, 6) is 2.86. The van der Waals surface area contributed by atoms with Gasteiger partial charge in [-0.3, -0.25) is 0 Å². The van der Waals surface area contributed by atoms with Crippen molar-refractivity contribution in [2.24, 2.45) is 5.92 Å². The summed E-state index contributed by atoms with van der Waals surface area (Å²) in [6.07, 6.45) is 1.43. The fourth-order valence-corrected chi connectivity index (χ4v) is 3.14. The normalized spacial score (nSPS) is 11.2. The summed E-state index contributed by atoms with van der Waals surface area (Å²) in [5.41, 5.74) is 16.2. The lowest BCUT2D eigenvalue weighted by Crippen LogP contribution is -2.12. The van der Waals surface area contributed by atoms with Crippen molar-refractivity contribution in [3.8, 4) is 11.5 Å². The number of nitrogens with two attached hydrogens (primary N) is 2. The van der Waals surface area contributed by atoms with Crippen molar-refractivity contribution in [2.45, 2.75) is 46.5 Å². The quantitative estimate of drug-likeness (QED) is 0.785. The fourth-order valence-electron chi connectivity index (χ4n) is 3.14. The first-order chi connectivity index (χ1) is 12.3. The molecule has 142 valence electrons. The Morgan fingerprint density at radius 3 is 2.12 bits per heavy atom. The van der Waals surface area contributed by atoms with Gasteiger partial charge >= 0.3 is 0 Å². The van der Waals surface area contributed by atoms with Crippen molar-refractivity contribution < 1.29 is 9.47 Å². The minimum atomic E-state index is 0.221. The van der Waals surface area contributed by atoms with E-state index in [1.165, 1.54) is 5.56 Å². The Labute approximate surface area is 155 Å². The van der Waals surface area contributed by atoms with Crippen LogP contribution < -0.4 is 20.9 Å². The zero-order valence-electron chi connectivity index (χ0n) is 16.6. The number of aromatic nitrogens is 2. The smallest absolute Gasteiger partial charge is 0.222 e. The summed E-state index contributed by atoms with van der Waals surface area (Å²) in [6.45, 7) is 8.60. The van der Waals surface area contributed by atoms with E-state index in [2.05, 4.69) is 37.7 Å². The Kier molecular flexibility index (Phi) is 6.29. The molecule has 0 aliphatic rings. The second-order valence-electron chi connectivity index (χ2n) is 7.23. The van der Waals surface area contributed by atoms with Crippen LogP contribution in [-0.4, -0.2) is 24.2 Å². The highest BCUT2D eigenvalue weighted by Gasteiger charge is 2.18. The molecule has 0 amide bonds. The van der Waals surface area contributed by atoms with Crippen molar-refractivity contribution in [3.63, 3.8) is 0 Å². The zero-order valence-corrected chi connectivity index (χ0v) is 16.6. The van der Waals surface area contributed by atoms with Crippen LogP contribution in [0.1, 0.15) is 56.0 Å². The highest BCUT2D eigenvalue weighted by Crippen LogP contribution is 2.35. The first-order valence-corrected chi connectivity index (χ1v) is 8.92. The molecule has 6 nitrogen and oxygen atoms in total. The van der Waals surface area contributed by atoms with Gasteiger partial charge in [-0.25, -0.2) is 4.98 Å². The predicted octanol–water partition coefficient (Wildman–Crippen LogP) is 3.57. The van der Waals surface area contributed by atoms with Crippen molar-refractivity contribution in [1.29, 1.82) is 0 Å². The molecule has 0 radical (unpaired) electrons. The third kappa shape index (κ3) is 4.36. The molecular formula is C20H30N4O2. The van der Waals surface area contributed by atoms with Gasteiger partial charge in [0, 0.05) is 12.0 Å². The van der Waals surface area contributed by atoms with Gasteiger partial charge in [0.25, 0.3) is 0 Å². The summed E-state index contributed by atoms with van der Waals surface area (Å²) in [5, 5.41) is 0. The Balaban J connectivity index is 2.57. The van der Waals surface area contributed by atoms with Crippen molar-refractivity contribution in [1.82, 2.24) is 9.97 Å². The van der Waals surface area contributed by atoms with Gasteiger partial charge < -0.3 is 20.9 Å². The average molecular weight is 358 g/mol. The minimum Gasteiger partial charge on any atom is -0.493 e. The topological polar surface area (TPSA) is 96.3 Å². The number of benzene rings is 1. The van der Waals surface area contributed by atoms with Gasteiger partial charge in [0.1, 0.15) is 5.82 Å². The van der Waals surface area contributed by atoms with E-state index in [1.54, 1.807) is 14.2 Å². The van der Waals surface area contributed by atoms with E-state index in [4.69, 9.17) is 20.9 Å². The van der Waals surface area contributed by atoms with Crippen LogP contribution in [-0.2, 0) is 12.8 Å². The molecule has 0 atom stereocenters. The number of rotatable bonds is 7. The van der Waals surface area contributed by atoms with E-state index in [0.29, 0.717) is 29.8 Å². The number of ether oxygens (including phenoxy) is 2. The lowest BCUT2D eigenvalue weighted by atomic mass is 9.91. The van der Waals surface area contributed by atoms with Crippen LogP contribution in [0.3, 0.4) is 0 Å². The van der Waals surface area contributed by atoms with Gasteiger partial charge in [0.05, 0.1) is 19.9 Å². The van der Waals surface area contributed by atoms with Crippen LogP contribution >= 0.6 is 0 Å². The molecule has 0 aliphatic carbocycles. The predicted molar refractivity (Wildman–Crippen MR) is 106 cm³/mol. The molecule has 0 saturated heterocycles. The molecule has 2 rings (SSSR count). The molecule has 2 aromatic rings. The highest BCUT2D eigenvalue weighted by molar-refractivity contribution is 5.53. The summed E-state index contributed by atoms with van der Waals surface area (Å²) in [6, 6.07) is 4.05. The SMILES string of the molecule is COc1cc(Cc2c(N)nc(N)nc2CC(C)C)c(C(C)C)cc1OC. The molecule has 0 fully saturated rings. The van der Waals surface area contributed by atoms with Crippen LogP contribution in [0.4, 0.5) is 11.8 Å². The summed E-state index contributed by atoms with van der Waals surface area (Å²) < 4.78 is 10.9. The van der Waals surface area contributed by atoms with E-state index < -0.39 is 0 Å². The average Bonchev–Trinajstić information content (AvgIpc) is 2.56. The van der Waals surface area contributed by atoms with Crippen molar-refractivity contribution in [3.05, 3.63) is 34.5 Å². The van der Waals surface area contributed by atoms with Crippen molar-refractivity contribution >= 4 is 11.8 Å². The van der Waals surface area contributed by atoms with Crippen molar-refractivity contribution in [2.75, 3.05) is 25.7 Å². The molecule has 1 aromatic carbocycles. The maximum absolute atomic E-state index is 6.21. The first-order valence-electron chi connectivity index (χ1n) is 8.92. The summed E-state index contributed by atoms with van der Waals surface area (Å²) in [7, 11) is 3.29. The van der Waals surface area contributed by atoms with Gasteiger partial charge in [-0.1, -0.05) is 27.7 Å². The second kappa shape index (κ2) is 8.25. The van der Waals surface area contributed by atoms with E-state index in [1.807, 2.05) is 12.1 Å². The van der Waals surface area contributed by atoms with Crippen LogP contribution in [0.5, 0.6) is 11.5 Å². The maximum Gasteiger partial charge on any atom is 0.222 e. The third-order valence-corrected chi connectivity index (χ3v) is 4.38. The lowest BCUT2D eigenvalue weighted by molar-refractivity contribution is 0.354. The van der Waals surface area contributed by atoms with Gasteiger partial charge in [0.2, 0.25) is 5.95 Å². The van der Waals surface area contributed by atoms with Crippen LogP contribution in [0.2, 0.25) is 0 Å². The van der Waals surface area contributed by atoms with E-state index in [-0.39, 0.29) is 5.95 Å². The van der Waals surface area contributed by atoms with Gasteiger partial charge in [-0.2, -0.15) is 4.98 Å². The second-order valence-corrected chi connectivity index (χ2v) is 7.23. The molecule has 0 bridgehead atoms. The Morgan fingerprint density at radius 1 is 0.962 bits per heavy atom. The maximum atomic E-state index is 6.21. The largest absolute Gasteiger partial charge is 0.493 e. The molecule has 0 spiro atoms. The molecule has 0 aliphatic heterocycles. The number of methoxy groups -OCH3 is 2. The molecule has 1 aromatic heterocycles. The van der Waals surface area contributed by atoms with Crippen LogP contribution in [0, 0.1) is 5.92 Å². The van der Waals surface area contributed by atoms with Crippen LogP contribution in [0.25, 0.3) is 0 Å². The molecular weight excluding hydrogens is 328 g/mol. The lowest BCUT2D eigenvalue weighted by Gasteiger charge is -2.19. The van der Waals surface area contributed by atoms with Gasteiger partial charge in [0.15, 0.2) is 11.5 Å². The zero-order chi connectivity index (χ0) is 19.4. The van der Waals surface area contributed by atoms with E-state index in [9.17, 15) is 0 Å². The first kappa shape index (κ1) is 19.8. The van der Waals surface area contributed by atoms with E-state index in [0.717, 1.165) is 29.0 Å². The summed E-state index contributed by atoms with van der Waals surface area (Å²) >= 11 is 0. The highest BCUT2D eigenvalue weighted by atomic mass is 16.5. The summed E-state index contributed by atoms with van der Waals surface area (Å²) in [4.78, 5) is 8.63.